The number of quaternary nitrogens is 1. The van der Waals surface area contributed by atoms with Crippen LogP contribution >= 0.6 is 0 Å². The van der Waals surface area contributed by atoms with Crippen molar-refractivity contribution in [3.63, 3.8) is 0 Å². The van der Waals surface area contributed by atoms with E-state index in [4.69, 9.17) is 9.47 Å². The SMILES string of the molecule is COc1cc(C[NH2+]CC(C)C)ccc1OCC(=O)Nc1ccccc1C. The molecule has 5 heteroatoms. The zero-order chi connectivity index (χ0) is 18.9. The van der Waals surface area contributed by atoms with Crippen molar-refractivity contribution >= 4 is 11.6 Å². The lowest BCUT2D eigenvalue weighted by molar-refractivity contribution is -0.675. The maximum Gasteiger partial charge on any atom is 0.262 e. The highest BCUT2D eigenvalue weighted by molar-refractivity contribution is 5.92. The van der Waals surface area contributed by atoms with Crippen LogP contribution < -0.4 is 20.1 Å². The van der Waals surface area contributed by atoms with Gasteiger partial charge in [-0.1, -0.05) is 32.0 Å². The van der Waals surface area contributed by atoms with Crippen LogP contribution in [0.15, 0.2) is 42.5 Å². The Kier molecular flexibility index (Phi) is 7.48. The summed E-state index contributed by atoms with van der Waals surface area (Å²) in [5.74, 6) is 1.67. The van der Waals surface area contributed by atoms with Crippen LogP contribution in [-0.2, 0) is 11.3 Å². The third kappa shape index (κ3) is 6.08. The van der Waals surface area contributed by atoms with Crippen molar-refractivity contribution in [3.05, 3.63) is 53.6 Å². The van der Waals surface area contributed by atoms with Crippen molar-refractivity contribution in [1.82, 2.24) is 0 Å². The second kappa shape index (κ2) is 9.82. The number of anilines is 1. The van der Waals surface area contributed by atoms with E-state index in [1.807, 2.05) is 49.4 Å². The number of benzene rings is 2. The molecule has 0 aliphatic rings. The molecule has 5 nitrogen and oxygen atoms in total. The summed E-state index contributed by atoms with van der Waals surface area (Å²) in [7, 11) is 1.61. The first kappa shape index (κ1) is 19.8. The molecule has 26 heavy (non-hydrogen) atoms. The van der Waals surface area contributed by atoms with Crippen LogP contribution in [0.1, 0.15) is 25.0 Å². The van der Waals surface area contributed by atoms with E-state index in [1.54, 1.807) is 7.11 Å². The Bertz CT molecular complexity index is 729. The van der Waals surface area contributed by atoms with Crippen molar-refractivity contribution in [1.29, 1.82) is 0 Å². The van der Waals surface area contributed by atoms with Gasteiger partial charge in [-0.2, -0.15) is 0 Å². The topological polar surface area (TPSA) is 64.2 Å². The number of ether oxygens (including phenoxy) is 2. The average Bonchev–Trinajstić information content (AvgIpc) is 2.62. The minimum absolute atomic E-state index is 0.0660. The summed E-state index contributed by atoms with van der Waals surface area (Å²) >= 11 is 0. The van der Waals surface area contributed by atoms with Gasteiger partial charge in [0, 0.05) is 17.2 Å². The highest BCUT2D eigenvalue weighted by Crippen LogP contribution is 2.27. The Hall–Kier alpha value is -2.53. The number of amides is 1. The first-order valence-corrected chi connectivity index (χ1v) is 8.96. The van der Waals surface area contributed by atoms with E-state index in [2.05, 4.69) is 24.5 Å². The van der Waals surface area contributed by atoms with Crippen molar-refractivity contribution in [2.75, 3.05) is 25.6 Å². The van der Waals surface area contributed by atoms with Gasteiger partial charge in [0.15, 0.2) is 18.1 Å². The molecule has 0 aromatic heterocycles. The molecule has 0 fully saturated rings. The van der Waals surface area contributed by atoms with E-state index in [0.717, 1.165) is 24.3 Å². The number of aryl methyl sites for hydroxylation is 1. The van der Waals surface area contributed by atoms with Gasteiger partial charge in [-0.15, -0.1) is 0 Å². The Labute approximate surface area is 155 Å². The van der Waals surface area contributed by atoms with Gasteiger partial charge in [0.25, 0.3) is 5.91 Å². The van der Waals surface area contributed by atoms with Gasteiger partial charge in [-0.25, -0.2) is 0 Å². The largest absolute Gasteiger partial charge is 0.493 e. The predicted molar refractivity (Wildman–Crippen MR) is 104 cm³/mol. The molecular weight excluding hydrogens is 328 g/mol. The molecule has 2 aromatic carbocycles. The second-order valence-corrected chi connectivity index (χ2v) is 6.76. The number of hydrogen-bond donors (Lipinski definition) is 2. The molecule has 2 aromatic rings. The zero-order valence-electron chi connectivity index (χ0n) is 16.0. The quantitative estimate of drug-likeness (QED) is 0.725. The fraction of sp³-hybridized carbons (Fsp3) is 0.381. The fourth-order valence-corrected chi connectivity index (χ4v) is 2.58. The Morgan fingerprint density at radius 2 is 1.92 bits per heavy atom. The predicted octanol–water partition coefficient (Wildman–Crippen LogP) is 2.74. The molecule has 0 aliphatic carbocycles. The van der Waals surface area contributed by atoms with Crippen molar-refractivity contribution < 1.29 is 19.6 Å². The third-order valence-electron chi connectivity index (χ3n) is 4.02. The standard InChI is InChI=1S/C21H28N2O3/c1-15(2)12-22-13-17-9-10-19(20(11-17)25-4)26-14-21(24)23-18-8-6-5-7-16(18)3/h5-11,15,22H,12-14H2,1-4H3,(H,23,24)/p+1. The van der Waals surface area contributed by atoms with Gasteiger partial charge in [0.1, 0.15) is 6.54 Å². The number of hydrogen-bond acceptors (Lipinski definition) is 3. The lowest BCUT2D eigenvalue weighted by atomic mass is 10.2. The van der Waals surface area contributed by atoms with Crippen molar-refractivity contribution in [2.24, 2.45) is 5.92 Å². The normalized spacial score (nSPS) is 10.7. The number of carbonyl (C=O) groups is 1. The molecule has 0 aliphatic heterocycles. The first-order valence-electron chi connectivity index (χ1n) is 8.96. The molecular formula is C21H29N2O3+. The van der Waals surface area contributed by atoms with E-state index >= 15 is 0 Å². The summed E-state index contributed by atoms with van der Waals surface area (Å²) in [5, 5.41) is 5.13. The highest BCUT2D eigenvalue weighted by atomic mass is 16.5. The second-order valence-electron chi connectivity index (χ2n) is 6.76. The van der Waals surface area contributed by atoms with Crippen LogP contribution in [0.3, 0.4) is 0 Å². The molecule has 1 amide bonds. The Balaban J connectivity index is 1.92. The van der Waals surface area contributed by atoms with E-state index in [1.165, 1.54) is 5.56 Å². The average molecular weight is 357 g/mol. The number of methoxy groups -OCH3 is 1. The summed E-state index contributed by atoms with van der Waals surface area (Å²) in [5.41, 5.74) is 2.98. The minimum atomic E-state index is -0.198. The molecule has 0 radical (unpaired) electrons. The number of nitrogens with two attached hydrogens (primary N) is 1. The van der Waals surface area contributed by atoms with E-state index in [-0.39, 0.29) is 12.5 Å². The molecule has 3 N–H and O–H groups in total. The lowest BCUT2D eigenvalue weighted by Gasteiger charge is -2.13. The van der Waals surface area contributed by atoms with Crippen LogP contribution in [0.25, 0.3) is 0 Å². The van der Waals surface area contributed by atoms with Gasteiger partial charge in [-0.3, -0.25) is 4.79 Å². The van der Waals surface area contributed by atoms with Gasteiger partial charge < -0.3 is 20.1 Å². The third-order valence-corrected chi connectivity index (χ3v) is 4.02. The summed E-state index contributed by atoms with van der Waals surface area (Å²) in [6.07, 6.45) is 0. The van der Waals surface area contributed by atoms with Crippen LogP contribution in [0.5, 0.6) is 11.5 Å². The molecule has 0 bridgehead atoms. The van der Waals surface area contributed by atoms with Gasteiger partial charge in [0.2, 0.25) is 0 Å². The van der Waals surface area contributed by atoms with Crippen molar-refractivity contribution in [3.8, 4) is 11.5 Å². The minimum Gasteiger partial charge on any atom is -0.493 e. The van der Waals surface area contributed by atoms with Crippen LogP contribution in [0.2, 0.25) is 0 Å². The lowest BCUT2D eigenvalue weighted by Crippen LogP contribution is -2.83. The Morgan fingerprint density at radius 1 is 1.15 bits per heavy atom. The van der Waals surface area contributed by atoms with Crippen LogP contribution in [0, 0.1) is 12.8 Å². The number of nitrogens with one attached hydrogen (secondary N) is 1. The molecule has 0 atom stereocenters. The van der Waals surface area contributed by atoms with E-state index < -0.39 is 0 Å². The molecule has 2 rings (SSSR count). The molecule has 0 heterocycles. The fourth-order valence-electron chi connectivity index (χ4n) is 2.58. The molecule has 0 spiro atoms. The molecule has 0 saturated heterocycles. The van der Waals surface area contributed by atoms with Gasteiger partial charge in [-0.05, 0) is 36.8 Å². The summed E-state index contributed by atoms with van der Waals surface area (Å²) in [6.45, 7) is 8.27. The highest BCUT2D eigenvalue weighted by Gasteiger charge is 2.10. The molecule has 0 saturated carbocycles. The number of carbonyl (C=O) groups excluding carboxylic acids is 1. The zero-order valence-corrected chi connectivity index (χ0v) is 16.0. The molecule has 0 unspecified atom stereocenters. The first-order chi connectivity index (χ1) is 12.5. The summed E-state index contributed by atoms with van der Waals surface area (Å²) < 4.78 is 11.1. The maximum atomic E-state index is 12.1. The van der Waals surface area contributed by atoms with Crippen LogP contribution in [0.4, 0.5) is 5.69 Å². The Morgan fingerprint density at radius 3 is 2.62 bits per heavy atom. The maximum absolute atomic E-state index is 12.1. The van der Waals surface area contributed by atoms with E-state index in [0.29, 0.717) is 17.4 Å². The number of rotatable bonds is 9. The van der Waals surface area contributed by atoms with Crippen LogP contribution in [-0.4, -0.2) is 26.2 Å². The van der Waals surface area contributed by atoms with Gasteiger partial charge in [0.05, 0.1) is 13.7 Å². The number of para-hydroxylation sites is 1. The monoisotopic (exact) mass is 357 g/mol. The summed E-state index contributed by atoms with van der Waals surface area (Å²) in [4.78, 5) is 12.1. The summed E-state index contributed by atoms with van der Waals surface area (Å²) in [6, 6.07) is 13.5. The van der Waals surface area contributed by atoms with Gasteiger partial charge >= 0.3 is 0 Å². The van der Waals surface area contributed by atoms with Crippen molar-refractivity contribution in [2.45, 2.75) is 27.3 Å². The smallest absolute Gasteiger partial charge is 0.262 e. The molecule has 140 valence electrons. The van der Waals surface area contributed by atoms with E-state index in [9.17, 15) is 4.79 Å².